The van der Waals surface area contributed by atoms with Gasteiger partial charge in [0, 0.05) is 16.3 Å². The molecule has 1 saturated heterocycles. The predicted octanol–water partition coefficient (Wildman–Crippen LogP) is 5.18. The topological polar surface area (TPSA) is 70.8 Å². The van der Waals surface area contributed by atoms with Crippen LogP contribution < -0.4 is 4.90 Å². The summed E-state index contributed by atoms with van der Waals surface area (Å²) in [6.45, 7) is 3.62. The number of rotatable bonds is 3. The van der Waals surface area contributed by atoms with Crippen LogP contribution in [0.25, 0.3) is 5.76 Å². The SMILES string of the molecule is Cc1ccc(C2/C(=C(/O)c3ccccc3)C(=O)C(=O)N2c2ccc(C)c(Cl)c2)o1. The fourth-order valence-electron chi connectivity index (χ4n) is 3.45. The summed E-state index contributed by atoms with van der Waals surface area (Å²) >= 11 is 6.26. The number of aliphatic hydroxyl groups excluding tert-OH is 1. The number of nitrogens with zero attached hydrogens (tertiary/aromatic N) is 1. The van der Waals surface area contributed by atoms with Crippen molar-refractivity contribution in [3.63, 3.8) is 0 Å². The van der Waals surface area contributed by atoms with Gasteiger partial charge in [-0.15, -0.1) is 0 Å². The van der Waals surface area contributed by atoms with Crippen molar-refractivity contribution in [3.05, 3.63) is 93.9 Å². The number of aliphatic hydroxyl groups is 1. The molecule has 2 heterocycles. The van der Waals surface area contributed by atoms with Crippen LogP contribution in [0.1, 0.15) is 28.7 Å². The highest BCUT2D eigenvalue weighted by Crippen LogP contribution is 2.43. The van der Waals surface area contributed by atoms with Crippen LogP contribution in [0.4, 0.5) is 5.69 Å². The van der Waals surface area contributed by atoms with Crippen molar-refractivity contribution in [3.8, 4) is 0 Å². The summed E-state index contributed by atoms with van der Waals surface area (Å²) in [6.07, 6.45) is 0. The zero-order valence-corrected chi connectivity index (χ0v) is 16.6. The normalized spacial score (nSPS) is 18.4. The maximum atomic E-state index is 13.0. The van der Waals surface area contributed by atoms with Crippen LogP contribution >= 0.6 is 11.6 Å². The lowest BCUT2D eigenvalue weighted by atomic mass is 9.99. The van der Waals surface area contributed by atoms with Gasteiger partial charge in [-0.1, -0.05) is 48.0 Å². The molecule has 1 atom stereocenters. The van der Waals surface area contributed by atoms with Crippen molar-refractivity contribution in [2.75, 3.05) is 4.90 Å². The van der Waals surface area contributed by atoms with Gasteiger partial charge in [-0.05, 0) is 43.7 Å². The van der Waals surface area contributed by atoms with E-state index in [1.165, 1.54) is 4.90 Å². The van der Waals surface area contributed by atoms with E-state index in [2.05, 4.69) is 0 Å². The maximum Gasteiger partial charge on any atom is 0.300 e. The standard InChI is InChI=1S/C23H18ClNO4/c1-13-8-10-16(12-17(13)24)25-20(18-11-9-14(2)29-18)19(22(27)23(25)28)21(26)15-6-4-3-5-7-15/h3-12,20,26H,1-2H3/b21-19-. The first-order valence-corrected chi connectivity index (χ1v) is 9.45. The molecule has 29 heavy (non-hydrogen) atoms. The number of Topliss-reactive ketones (excluding diaryl/α,β-unsaturated/α-hetero) is 1. The third kappa shape index (κ3) is 3.23. The molecule has 2 aromatic carbocycles. The zero-order chi connectivity index (χ0) is 20.7. The third-order valence-corrected chi connectivity index (χ3v) is 5.36. The van der Waals surface area contributed by atoms with Crippen molar-refractivity contribution in [2.24, 2.45) is 0 Å². The van der Waals surface area contributed by atoms with Crippen molar-refractivity contribution in [1.29, 1.82) is 0 Å². The van der Waals surface area contributed by atoms with Crippen molar-refractivity contribution in [1.82, 2.24) is 0 Å². The molecule has 0 radical (unpaired) electrons. The number of aryl methyl sites for hydroxylation is 2. The second kappa shape index (κ2) is 7.26. The molecule has 3 aromatic rings. The molecule has 6 heteroatoms. The molecule has 1 amide bonds. The van der Waals surface area contributed by atoms with E-state index in [0.717, 1.165) is 5.56 Å². The summed E-state index contributed by atoms with van der Waals surface area (Å²) in [4.78, 5) is 27.3. The molecule has 1 N–H and O–H groups in total. The third-order valence-electron chi connectivity index (χ3n) is 4.96. The van der Waals surface area contributed by atoms with Crippen LogP contribution in [0.2, 0.25) is 5.02 Å². The first kappa shape index (κ1) is 19.0. The van der Waals surface area contributed by atoms with Gasteiger partial charge in [0.2, 0.25) is 0 Å². The fraction of sp³-hybridized carbons (Fsp3) is 0.130. The highest BCUT2D eigenvalue weighted by atomic mass is 35.5. The molecular formula is C23H18ClNO4. The van der Waals surface area contributed by atoms with Gasteiger partial charge < -0.3 is 9.52 Å². The zero-order valence-electron chi connectivity index (χ0n) is 15.8. The Labute approximate surface area is 172 Å². The summed E-state index contributed by atoms with van der Waals surface area (Å²) < 4.78 is 5.76. The van der Waals surface area contributed by atoms with Gasteiger partial charge in [-0.2, -0.15) is 0 Å². The largest absolute Gasteiger partial charge is 0.507 e. The van der Waals surface area contributed by atoms with E-state index in [1.807, 2.05) is 6.92 Å². The number of anilines is 1. The van der Waals surface area contributed by atoms with Gasteiger partial charge >= 0.3 is 0 Å². The van der Waals surface area contributed by atoms with Crippen LogP contribution in [-0.4, -0.2) is 16.8 Å². The molecule has 146 valence electrons. The predicted molar refractivity (Wildman–Crippen MR) is 111 cm³/mol. The number of amides is 1. The van der Waals surface area contributed by atoms with Crippen molar-refractivity contribution < 1.29 is 19.1 Å². The molecule has 1 aliphatic rings. The lowest BCUT2D eigenvalue weighted by Gasteiger charge is -2.24. The molecule has 0 bridgehead atoms. The fourth-order valence-corrected chi connectivity index (χ4v) is 3.63. The van der Waals surface area contributed by atoms with Crippen molar-refractivity contribution >= 4 is 34.7 Å². The summed E-state index contributed by atoms with van der Waals surface area (Å²) in [5.74, 6) is -0.754. The van der Waals surface area contributed by atoms with Gasteiger partial charge in [-0.3, -0.25) is 14.5 Å². The highest BCUT2D eigenvalue weighted by molar-refractivity contribution is 6.51. The summed E-state index contributed by atoms with van der Waals surface area (Å²) in [5, 5.41) is 11.4. The maximum absolute atomic E-state index is 13.0. The molecule has 1 aliphatic heterocycles. The Kier molecular flexibility index (Phi) is 4.76. The number of benzene rings is 2. The number of carbonyl (C=O) groups excluding carboxylic acids is 2. The summed E-state index contributed by atoms with van der Waals surface area (Å²) in [7, 11) is 0. The van der Waals surface area contributed by atoms with E-state index in [9.17, 15) is 14.7 Å². The number of halogens is 1. The number of hydrogen-bond donors (Lipinski definition) is 1. The van der Waals surface area contributed by atoms with Gasteiger partial charge in [0.1, 0.15) is 23.3 Å². The van der Waals surface area contributed by atoms with E-state index < -0.39 is 17.7 Å². The average molecular weight is 408 g/mol. The number of furan rings is 1. The molecule has 1 fully saturated rings. The molecule has 4 rings (SSSR count). The van der Waals surface area contributed by atoms with Gasteiger partial charge in [-0.25, -0.2) is 0 Å². The second-order valence-electron chi connectivity index (χ2n) is 6.92. The van der Waals surface area contributed by atoms with E-state index in [1.54, 1.807) is 67.6 Å². The number of ketones is 1. The Morgan fingerprint density at radius 1 is 1.03 bits per heavy atom. The number of hydrogen-bond acceptors (Lipinski definition) is 4. The first-order valence-electron chi connectivity index (χ1n) is 9.07. The van der Waals surface area contributed by atoms with Crippen LogP contribution in [-0.2, 0) is 9.59 Å². The molecular weight excluding hydrogens is 390 g/mol. The molecule has 1 aromatic heterocycles. The van der Waals surface area contributed by atoms with E-state index in [-0.39, 0.29) is 11.3 Å². The van der Waals surface area contributed by atoms with E-state index in [4.69, 9.17) is 16.0 Å². The highest BCUT2D eigenvalue weighted by Gasteiger charge is 2.48. The minimum atomic E-state index is -0.900. The molecule has 0 aliphatic carbocycles. The molecule has 1 unspecified atom stereocenters. The van der Waals surface area contributed by atoms with Crippen LogP contribution in [0, 0.1) is 13.8 Å². The molecule has 5 nitrogen and oxygen atoms in total. The minimum absolute atomic E-state index is 0.0211. The Hall–Kier alpha value is -3.31. The van der Waals surface area contributed by atoms with E-state index >= 15 is 0 Å². The monoisotopic (exact) mass is 407 g/mol. The lowest BCUT2D eigenvalue weighted by molar-refractivity contribution is -0.132. The Balaban J connectivity index is 1.95. The Morgan fingerprint density at radius 2 is 1.76 bits per heavy atom. The Bertz CT molecular complexity index is 1150. The number of carbonyl (C=O) groups is 2. The van der Waals surface area contributed by atoms with Crippen LogP contribution in [0.3, 0.4) is 0 Å². The quantitative estimate of drug-likeness (QED) is 0.369. The first-order chi connectivity index (χ1) is 13.9. The van der Waals surface area contributed by atoms with Gasteiger partial charge in [0.25, 0.3) is 11.7 Å². The van der Waals surface area contributed by atoms with Gasteiger partial charge in [0.05, 0.1) is 5.57 Å². The lowest BCUT2D eigenvalue weighted by Crippen LogP contribution is -2.29. The van der Waals surface area contributed by atoms with E-state index in [0.29, 0.717) is 27.8 Å². The van der Waals surface area contributed by atoms with Gasteiger partial charge in [0.15, 0.2) is 0 Å². The summed E-state index contributed by atoms with van der Waals surface area (Å²) in [5.41, 5.74) is 1.73. The van der Waals surface area contributed by atoms with Crippen molar-refractivity contribution in [2.45, 2.75) is 19.9 Å². The van der Waals surface area contributed by atoms with Crippen LogP contribution in [0.15, 0.2) is 70.7 Å². The average Bonchev–Trinajstić information content (AvgIpc) is 3.25. The molecule has 0 saturated carbocycles. The Morgan fingerprint density at radius 3 is 2.38 bits per heavy atom. The minimum Gasteiger partial charge on any atom is -0.507 e. The molecule has 0 spiro atoms. The second-order valence-corrected chi connectivity index (χ2v) is 7.32. The smallest absolute Gasteiger partial charge is 0.300 e. The van der Waals surface area contributed by atoms with Crippen LogP contribution in [0.5, 0.6) is 0 Å². The summed E-state index contributed by atoms with van der Waals surface area (Å²) in [6, 6.07) is 16.3.